The van der Waals surface area contributed by atoms with E-state index < -0.39 is 0 Å². The summed E-state index contributed by atoms with van der Waals surface area (Å²) in [5, 5.41) is 13.2. The fourth-order valence-electron chi connectivity index (χ4n) is 2.22. The van der Waals surface area contributed by atoms with Gasteiger partial charge in [-0.3, -0.25) is 0 Å². The van der Waals surface area contributed by atoms with Gasteiger partial charge >= 0.3 is 0 Å². The van der Waals surface area contributed by atoms with Crippen LogP contribution in [0.3, 0.4) is 0 Å². The first-order valence-corrected chi connectivity index (χ1v) is 12.4. The van der Waals surface area contributed by atoms with Crippen LogP contribution < -0.4 is 21.3 Å². The molecule has 0 rings (SSSR count). The van der Waals surface area contributed by atoms with E-state index in [2.05, 4.69) is 123 Å². The maximum Gasteiger partial charge on any atom is 0.0101 e. The van der Waals surface area contributed by atoms with Gasteiger partial charge in [-0.2, -0.15) is 0 Å². The van der Waals surface area contributed by atoms with E-state index in [1.54, 1.807) is 0 Å². The first-order chi connectivity index (χ1) is 13.8. The third-order valence-corrected chi connectivity index (χ3v) is 3.47. The summed E-state index contributed by atoms with van der Waals surface area (Å²) in [5.74, 6) is 0. The van der Waals surface area contributed by atoms with Gasteiger partial charge in [0, 0.05) is 43.3 Å². The molecule has 0 aliphatic carbocycles. The molecule has 0 aromatic carbocycles. The topological polar surface area (TPSA) is 51.4 Å². The quantitative estimate of drug-likeness (QED) is 0.335. The van der Waals surface area contributed by atoms with Crippen LogP contribution in [-0.2, 0) is 0 Å². The largest absolute Gasteiger partial charge is 0.315 e. The molecule has 0 saturated carbocycles. The molecule has 0 unspecified atom stereocenters. The molecule has 0 aromatic heterocycles. The molecular formula is C25H63N5. The summed E-state index contributed by atoms with van der Waals surface area (Å²) in [4.78, 5) is 2.18. The van der Waals surface area contributed by atoms with Gasteiger partial charge in [0.05, 0.1) is 0 Å². The van der Waals surface area contributed by atoms with Crippen molar-refractivity contribution in [2.75, 3.05) is 40.3 Å². The van der Waals surface area contributed by atoms with E-state index in [-0.39, 0.29) is 0 Å². The normalized spacial score (nSPS) is 10.8. The lowest BCUT2D eigenvalue weighted by molar-refractivity contribution is 0.391. The highest BCUT2D eigenvalue weighted by Gasteiger charge is 1.93. The summed E-state index contributed by atoms with van der Waals surface area (Å²) < 4.78 is 0. The smallest absolute Gasteiger partial charge is 0.0101 e. The van der Waals surface area contributed by atoms with Gasteiger partial charge in [0.1, 0.15) is 0 Å². The summed E-state index contributed by atoms with van der Waals surface area (Å²) in [6, 6.07) is 3.17. The number of unbranched alkanes of at least 4 members (excludes halogenated alkanes) is 1. The molecule has 5 nitrogen and oxygen atoms in total. The fraction of sp³-hybridized carbons (Fsp3) is 1.00. The Hall–Kier alpha value is -0.200. The number of nitrogens with zero attached hydrogens (tertiary/aromatic N) is 1. The fourth-order valence-corrected chi connectivity index (χ4v) is 2.22. The average molecular weight is 434 g/mol. The molecule has 188 valence electrons. The van der Waals surface area contributed by atoms with E-state index in [4.69, 9.17) is 0 Å². The van der Waals surface area contributed by atoms with E-state index in [9.17, 15) is 0 Å². The molecule has 0 aromatic rings. The number of likely N-dealkylation sites (N-methyl/N-ethyl adjacent to an activating group) is 1. The monoisotopic (exact) mass is 434 g/mol. The van der Waals surface area contributed by atoms with E-state index in [0.717, 1.165) is 19.6 Å². The lowest BCUT2D eigenvalue weighted by atomic mass is 10.3. The van der Waals surface area contributed by atoms with Crippen molar-refractivity contribution in [3.8, 4) is 0 Å². The lowest BCUT2D eigenvalue weighted by Gasteiger charge is -2.11. The first-order valence-electron chi connectivity index (χ1n) is 12.4. The van der Waals surface area contributed by atoms with Crippen molar-refractivity contribution in [3.63, 3.8) is 0 Å². The Kier molecular flexibility index (Phi) is 35.6. The number of nitrogens with one attached hydrogen (secondary N) is 4. The maximum absolute atomic E-state index is 3.35. The van der Waals surface area contributed by atoms with Crippen molar-refractivity contribution in [1.29, 1.82) is 0 Å². The molecule has 0 fully saturated rings. The molecule has 0 aliphatic rings. The predicted octanol–water partition coefficient (Wildman–Crippen LogP) is 4.73. The van der Waals surface area contributed by atoms with Crippen LogP contribution in [0.2, 0.25) is 0 Å². The van der Waals surface area contributed by atoms with Crippen LogP contribution >= 0.6 is 0 Å². The Morgan fingerprint density at radius 2 is 0.967 bits per heavy atom. The highest BCUT2D eigenvalue weighted by Crippen LogP contribution is 1.84. The van der Waals surface area contributed by atoms with Gasteiger partial charge in [0.15, 0.2) is 0 Å². The Morgan fingerprint density at radius 3 is 1.17 bits per heavy atom. The van der Waals surface area contributed by atoms with E-state index in [1.165, 1.54) is 19.4 Å². The Bertz CT molecular complexity index is 263. The SMILES string of the molecule is CC(C)NC(C)C.CC(C)NCCN(C)C.CCCCNC(C)C.CCNC(C)C. The molecule has 0 bridgehead atoms. The van der Waals surface area contributed by atoms with Gasteiger partial charge in [-0.25, -0.2) is 0 Å². The summed E-state index contributed by atoms with van der Waals surface area (Å²) in [5.41, 5.74) is 0. The molecule has 0 spiro atoms. The number of hydrogen-bond donors (Lipinski definition) is 4. The van der Waals surface area contributed by atoms with Crippen LogP contribution in [0.4, 0.5) is 0 Å². The van der Waals surface area contributed by atoms with Crippen molar-refractivity contribution in [1.82, 2.24) is 26.2 Å². The molecular weight excluding hydrogens is 370 g/mol. The third kappa shape index (κ3) is 63.0. The van der Waals surface area contributed by atoms with E-state index in [0.29, 0.717) is 30.2 Å². The zero-order chi connectivity index (χ0) is 24.5. The molecule has 0 saturated heterocycles. The Morgan fingerprint density at radius 1 is 0.567 bits per heavy atom. The second-order valence-corrected chi connectivity index (χ2v) is 9.56. The zero-order valence-electron chi connectivity index (χ0n) is 23.6. The summed E-state index contributed by atoms with van der Waals surface area (Å²) in [6.45, 7) is 30.4. The van der Waals surface area contributed by atoms with Crippen LogP contribution in [0.15, 0.2) is 0 Å². The van der Waals surface area contributed by atoms with Crippen molar-refractivity contribution in [3.05, 3.63) is 0 Å². The second-order valence-electron chi connectivity index (χ2n) is 9.56. The second kappa shape index (κ2) is 28.8. The molecule has 4 N–H and O–H groups in total. The van der Waals surface area contributed by atoms with Crippen LogP contribution in [0, 0.1) is 0 Å². The van der Waals surface area contributed by atoms with Gasteiger partial charge in [-0.15, -0.1) is 0 Å². The highest BCUT2D eigenvalue weighted by molar-refractivity contribution is 4.56. The van der Waals surface area contributed by atoms with Gasteiger partial charge in [-0.1, -0.05) is 89.5 Å². The van der Waals surface area contributed by atoms with Crippen molar-refractivity contribution in [2.24, 2.45) is 0 Å². The van der Waals surface area contributed by atoms with Crippen LogP contribution in [-0.4, -0.2) is 75.4 Å². The first kappa shape index (κ1) is 37.1. The third-order valence-electron chi connectivity index (χ3n) is 3.47. The van der Waals surface area contributed by atoms with Gasteiger partial charge in [0.2, 0.25) is 0 Å². The lowest BCUT2D eigenvalue weighted by Crippen LogP contribution is -2.30. The minimum atomic E-state index is 0.616. The van der Waals surface area contributed by atoms with Crippen LogP contribution in [0.25, 0.3) is 0 Å². The molecule has 5 heteroatoms. The molecule has 0 heterocycles. The molecule has 0 atom stereocenters. The van der Waals surface area contributed by atoms with E-state index in [1.807, 2.05) is 0 Å². The zero-order valence-corrected chi connectivity index (χ0v) is 23.6. The van der Waals surface area contributed by atoms with Crippen molar-refractivity contribution >= 4 is 0 Å². The standard InChI is InChI=1S/C7H18N2.C7H17N.C6H15N.C5H13N/c1-7(2)8-5-6-9(3)4;1-4-5-6-8-7(2)3;1-5(2)7-6(3)4;1-4-6-5(2)3/h7-8H,5-6H2,1-4H3;7-8H,4-6H2,1-3H3;5-7H,1-4H3;5-6H,4H2,1-3H3. The minimum Gasteiger partial charge on any atom is -0.315 e. The molecule has 0 radical (unpaired) electrons. The van der Waals surface area contributed by atoms with Gasteiger partial charge in [-0.05, 0) is 33.6 Å². The molecule has 0 amide bonds. The Balaban J connectivity index is -0.000000152. The maximum atomic E-state index is 3.35. The average Bonchev–Trinajstić information content (AvgIpc) is 2.54. The number of rotatable bonds is 12. The summed E-state index contributed by atoms with van der Waals surface area (Å²) in [6.07, 6.45) is 2.60. The summed E-state index contributed by atoms with van der Waals surface area (Å²) >= 11 is 0. The van der Waals surface area contributed by atoms with E-state index >= 15 is 0 Å². The van der Waals surface area contributed by atoms with Crippen molar-refractivity contribution in [2.45, 2.75) is 126 Å². The number of hydrogen-bond acceptors (Lipinski definition) is 5. The molecule has 0 aliphatic heterocycles. The Labute approximate surface area is 192 Å². The minimum absolute atomic E-state index is 0.616. The summed E-state index contributed by atoms with van der Waals surface area (Å²) in [7, 11) is 4.17. The van der Waals surface area contributed by atoms with Gasteiger partial charge in [0.25, 0.3) is 0 Å². The highest BCUT2D eigenvalue weighted by atomic mass is 15.1. The predicted molar refractivity (Wildman–Crippen MR) is 142 cm³/mol. The van der Waals surface area contributed by atoms with Crippen LogP contribution in [0.5, 0.6) is 0 Å². The molecule has 30 heavy (non-hydrogen) atoms. The van der Waals surface area contributed by atoms with Crippen LogP contribution in [0.1, 0.15) is 95.9 Å². The van der Waals surface area contributed by atoms with Crippen molar-refractivity contribution < 1.29 is 0 Å². The van der Waals surface area contributed by atoms with Gasteiger partial charge < -0.3 is 26.2 Å².